The lowest BCUT2D eigenvalue weighted by molar-refractivity contribution is -0.149. The van der Waals surface area contributed by atoms with Crippen molar-refractivity contribution in [2.45, 2.75) is 32.2 Å². The molecule has 1 aliphatic rings. The first-order chi connectivity index (χ1) is 7.00. The largest absolute Gasteiger partial charge is 0.481 e. The van der Waals surface area contributed by atoms with E-state index in [1.165, 1.54) is 0 Å². The number of nitrogens with one attached hydrogen (secondary N) is 2. The maximum absolute atomic E-state index is 11.3. The van der Waals surface area contributed by atoms with Crippen LogP contribution in [-0.4, -0.2) is 36.6 Å². The van der Waals surface area contributed by atoms with Gasteiger partial charge in [0.2, 0.25) is 5.91 Å². The van der Waals surface area contributed by atoms with Crippen molar-refractivity contribution in [3.63, 3.8) is 0 Å². The van der Waals surface area contributed by atoms with Gasteiger partial charge in [-0.15, -0.1) is 0 Å². The maximum atomic E-state index is 11.3. The molecule has 86 valence electrons. The van der Waals surface area contributed by atoms with Crippen molar-refractivity contribution in [2.75, 3.05) is 13.6 Å². The van der Waals surface area contributed by atoms with Gasteiger partial charge in [-0.2, -0.15) is 0 Å². The summed E-state index contributed by atoms with van der Waals surface area (Å²) in [6, 6.07) is -0.240. The summed E-state index contributed by atoms with van der Waals surface area (Å²) in [6.07, 6.45) is 2.23. The summed E-state index contributed by atoms with van der Waals surface area (Å²) in [5.74, 6) is -0.966. The number of rotatable bonds is 4. The fourth-order valence-corrected chi connectivity index (χ4v) is 2.06. The summed E-state index contributed by atoms with van der Waals surface area (Å²) < 4.78 is 0. The Labute approximate surface area is 89.2 Å². The molecule has 0 bridgehead atoms. The number of amides is 1. The topological polar surface area (TPSA) is 78.4 Å². The third-order valence-electron chi connectivity index (χ3n) is 3.12. The first kappa shape index (κ1) is 12.0. The number of hydrogen-bond acceptors (Lipinski definition) is 3. The van der Waals surface area contributed by atoms with Crippen molar-refractivity contribution in [2.24, 2.45) is 5.41 Å². The summed E-state index contributed by atoms with van der Waals surface area (Å²) in [6.45, 7) is 1.93. The zero-order chi connectivity index (χ0) is 11.5. The van der Waals surface area contributed by atoms with Crippen molar-refractivity contribution in [3.05, 3.63) is 0 Å². The van der Waals surface area contributed by atoms with Crippen LogP contribution < -0.4 is 10.6 Å². The van der Waals surface area contributed by atoms with Gasteiger partial charge in [0.25, 0.3) is 0 Å². The molecule has 0 aromatic rings. The minimum absolute atomic E-state index is 0.142. The van der Waals surface area contributed by atoms with Crippen LogP contribution in [0.3, 0.4) is 0 Å². The van der Waals surface area contributed by atoms with Gasteiger partial charge in [-0.25, -0.2) is 0 Å². The molecule has 1 amide bonds. The van der Waals surface area contributed by atoms with Crippen molar-refractivity contribution in [1.29, 1.82) is 0 Å². The second-order valence-electron chi connectivity index (χ2n) is 4.27. The van der Waals surface area contributed by atoms with Crippen LogP contribution in [0.15, 0.2) is 0 Å². The number of carboxylic acid groups (broad SMARTS) is 1. The van der Waals surface area contributed by atoms with Gasteiger partial charge in [-0.05, 0) is 26.8 Å². The van der Waals surface area contributed by atoms with Crippen molar-refractivity contribution >= 4 is 11.9 Å². The predicted molar refractivity (Wildman–Crippen MR) is 55.5 cm³/mol. The minimum Gasteiger partial charge on any atom is -0.481 e. The number of carboxylic acids is 1. The summed E-state index contributed by atoms with van der Waals surface area (Å²) in [7, 11) is 1.69. The molecular formula is C10H18N2O3. The number of aliphatic carboxylic acids is 1. The highest BCUT2D eigenvalue weighted by atomic mass is 16.4. The van der Waals surface area contributed by atoms with Crippen LogP contribution in [0.1, 0.15) is 26.2 Å². The molecule has 5 nitrogen and oxygen atoms in total. The predicted octanol–water partition coefficient (Wildman–Crippen LogP) is -0.0346. The van der Waals surface area contributed by atoms with Crippen molar-refractivity contribution in [3.8, 4) is 0 Å². The van der Waals surface area contributed by atoms with E-state index in [2.05, 4.69) is 10.6 Å². The number of carbonyl (C=O) groups is 2. The van der Waals surface area contributed by atoms with Crippen molar-refractivity contribution < 1.29 is 14.7 Å². The molecule has 2 atom stereocenters. The van der Waals surface area contributed by atoms with E-state index in [0.717, 1.165) is 12.8 Å². The molecule has 0 spiro atoms. The van der Waals surface area contributed by atoms with Gasteiger partial charge in [0.1, 0.15) is 0 Å². The molecule has 0 saturated heterocycles. The average Bonchev–Trinajstić information content (AvgIpc) is 2.50. The second kappa shape index (κ2) is 4.61. The molecule has 0 radical (unpaired) electrons. The quantitative estimate of drug-likeness (QED) is 0.614. The van der Waals surface area contributed by atoms with Gasteiger partial charge in [-0.3, -0.25) is 9.59 Å². The van der Waals surface area contributed by atoms with Gasteiger partial charge in [0.15, 0.2) is 0 Å². The molecule has 0 aromatic carbocycles. The van der Waals surface area contributed by atoms with Gasteiger partial charge >= 0.3 is 5.97 Å². The maximum Gasteiger partial charge on any atom is 0.311 e. The van der Waals surface area contributed by atoms with E-state index in [9.17, 15) is 9.59 Å². The molecule has 15 heavy (non-hydrogen) atoms. The standard InChI is InChI=1S/C10H18N2O3/c1-10(9(14)15)5-3-4-7(10)12-8(13)6-11-2/h7,11H,3-6H2,1-2H3,(H,12,13)(H,14,15). The molecule has 2 unspecified atom stereocenters. The van der Waals surface area contributed by atoms with Gasteiger partial charge in [-0.1, -0.05) is 6.42 Å². The summed E-state index contributed by atoms with van der Waals surface area (Å²) >= 11 is 0. The van der Waals surface area contributed by atoms with Crippen LogP contribution in [-0.2, 0) is 9.59 Å². The summed E-state index contributed by atoms with van der Waals surface area (Å²) in [4.78, 5) is 22.4. The lowest BCUT2D eigenvalue weighted by Crippen LogP contribution is -2.48. The molecule has 1 saturated carbocycles. The SMILES string of the molecule is CNCC(=O)NC1CCCC1(C)C(=O)O. The molecule has 1 aliphatic carbocycles. The van der Waals surface area contributed by atoms with Crippen molar-refractivity contribution in [1.82, 2.24) is 10.6 Å². The lowest BCUT2D eigenvalue weighted by Gasteiger charge is -2.27. The lowest BCUT2D eigenvalue weighted by atomic mass is 9.85. The second-order valence-corrected chi connectivity index (χ2v) is 4.27. The van der Waals surface area contributed by atoms with Crippen LogP contribution in [0, 0.1) is 5.41 Å². The minimum atomic E-state index is -0.824. The van der Waals surface area contributed by atoms with E-state index in [4.69, 9.17) is 5.11 Å². The van der Waals surface area contributed by atoms with E-state index in [0.29, 0.717) is 6.42 Å². The van der Waals surface area contributed by atoms with Gasteiger partial charge in [0.05, 0.1) is 12.0 Å². The van der Waals surface area contributed by atoms with Crippen LogP contribution in [0.2, 0.25) is 0 Å². The fourth-order valence-electron chi connectivity index (χ4n) is 2.06. The van der Waals surface area contributed by atoms with E-state index in [1.54, 1.807) is 14.0 Å². The highest BCUT2D eigenvalue weighted by Gasteiger charge is 2.45. The molecule has 0 aliphatic heterocycles. The van der Waals surface area contributed by atoms with Gasteiger partial charge in [0, 0.05) is 6.04 Å². The highest BCUT2D eigenvalue weighted by molar-refractivity contribution is 5.81. The Bertz CT molecular complexity index is 267. The van der Waals surface area contributed by atoms with E-state index >= 15 is 0 Å². The number of likely N-dealkylation sites (N-methyl/N-ethyl adjacent to an activating group) is 1. The van der Waals surface area contributed by atoms with E-state index < -0.39 is 11.4 Å². The molecular weight excluding hydrogens is 196 g/mol. The Morgan fingerprint density at radius 2 is 2.20 bits per heavy atom. The number of carbonyl (C=O) groups excluding carboxylic acids is 1. The fraction of sp³-hybridized carbons (Fsp3) is 0.800. The molecule has 0 aromatic heterocycles. The van der Waals surface area contributed by atoms with E-state index in [1.807, 2.05) is 0 Å². The Hall–Kier alpha value is -1.10. The average molecular weight is 214 g/mol. The van der Waals surface area contributed by atoms with Crippen LogP contribution in [0.4, 0.5) is 0 Å². The third kappa shape index (κ3) is 2.47. The molecule has 5 heteroatoms. The highest BCUT2D eigenvalue weighted by Crippen LogP contribution is 2.38. The number of hydrogen-bond donors (Lipinski definition) is 3. The van der Waals surface area contributed by atoms with Crippen LogP contribution in [0.25, 0.3) is 0 Å². The van der Waals surface area contributed by atoms with Crippen LogP contribution >= 0.6 is 0 Å². The third-order valence-corrected chi connectivity index (χ3v) is 3.12. The summed E-state index contributed by atoms with van der Waals surface area (Å²) in [5.41, 5.74) is -0.802. The summed E-state index contributed by atoms with van der Waals surface area (Å²) in [5, 5.41) is 14.6. The molecule has 1 rings (SSSR count). The zero-order valence-electron chi connectivity index (χ0n) is 9.17. The monoisotopic (exact) mass is 214 g/mol. The van der Waals surface area contributed by atoms with Gasteiger partial charge < -0.3 is 15.7 Å². The normalized spacial score (nSPS) is 30.1. The Morgan fingerprint density at radius 3 is 2.73 bits per heavy atom. The smallest absolute Gasteiger partial charge is 0.311 e. The Kier molecular flexibility index (Phi) is 3.68. The first-order valence-corrected chi connectivity index (χ1v) is 5.18. The van der Waals surface area contributed by atoms with E-state index in [-0.39, 0.29) is 18.5 Å². The Morgan fingerprint density at radius 1 is 1.53 bits per heavy atom. The molecule has 0 heterocycles. The molecule has 1 fully saturated rings. The first-order valence-electron chi connectivity index (χ1n) is 5.18. The Balaban J connectivity index is 2.61. The van der Waals surface area contributed by atoms with Crippen LogP contribution in [0.5, 0.6) is 0 Å². The molecule has 3 N–H and O–H groups in total. The zero-order valence-corrected chi connectivity index (χ0v) is 9.17.